The first-order valence-corrected chi connectivity index (χ1v) is 12.6. The van der Waals surface area contributed by atoms with E-state index in [4.69, 9.17) is 9.47 Å². The Morgan fingerprint density at radius 3 is 2.56 bits per heavy atom. The number of carbonyl (C=O) groups is 3. The summed E-state index contributed by atoms with van der Waals surface area (Å²) >= 11 is 0.940. The van der Waals surface area contributed by atoms with Crippen molar-refractivity contribution in [3.8, 4) is 11.5 Å². The van der Waals surface area contributed by atoms with E-state index in [9.17, 15) is 14.4 Å². The lowest BCUT2D eigenvalue weighted by Crippen LogP contribution is -2.41. The van der Waals surface area contributed by atoms with Crippen LogP contribution in [0.5, 0.6) is 11.5 Å². The molecule has 0 aliphatic carbocycles. The van der Waals surface area contributed by atoms with Crippen LogP contribution in [0.3, 0.4) is 0 Å². The zero-order valence-corrected chi connectivity index (χ0v) is 20.5. The summed E-state index contributed by atoms with van der Waals surface area (Å²) in [5, 5.41) is 13.8. The van der Waals surface area contributed by atoms with Crippen LogP contribution in [0.25, 0.3) is 0 Å². The Kier molecular flexibility index (Phi) is 6.81. The molecule has 2 aromatic carbocycles. The Balaban J connectivity index is 1.15. The van der Waals surface area contributed by atoms with Crippen molar-refractivity contribution < 1.29 is 23.9 Å². The van der Waals surface area contributed by atoms with Gasteiger partial charge in [-0.25, -0.2) is 0 Å². The largest absolute Gasteiger partial charge is 0.454 e. The highest BCUT2D eigenvalue weighted by atomic mass is 32.1. The third kappa shape index (κ3) is 5.01. The van der Waals surface area contributed by atoms with E-state index in [1.807, 2.05) is 24.3 Å². The maximum Gasteiger partial charge on any atom is 0.286 e. The summed E-state index contributed by atoms with van der Waals surface area (Å²) in [6.07, 6.45) is 1.95. The third-order valence-electron chi connectivity index (χ3n) is 6.24. The van der Waals surface area contributed by atoms with Gasteiger partial charge in [-0.15, -0.1) is 10.2 Å². The van der Waals surface area contributed by atoms with Gasteiger partial charge >= 0.3 is 0 Å². The van der Waals surface area contributed by atoms with Gasteiger partial charge in [-0.05, 0) is 43.0 Å². The molecule has 3 heterocycles. The predicted molar refractivity (Wildman–Crippen MR) is 134 cm³/mol. The van der Waals surface area contributed by atoms with E-state index in [0.29, 0.717) is 43.1 Å². The van der Waals surface area contributed by atoms with Gasteiger partial charge in [-0.2, -0.15) is 0 Å². The lowest BCUT2D eigenvalue weighted by atomic mass is 9.95. The number of nitrogens with one attached hydrogen (secondary N) is 2. The van der Waals surface area contributed by atoms with Crippen LogP contribution in [0, 0.1) is 5.92 Å². The molecule has 0 bridgehead atoms. The molecule has 10 nitrogen and oxygen atoms in total. The summed E-state index contributed by atoms with van der Waals surface area (Å²) in [6, 6.07) is 12.8. The van der Waals surface area contributed by atoms with Gasteiger partial charge in [0.05, 0.1) is 0 Å². The second-order valence-corrected chi connectivity index (χ2v) is 9.48. The Morgan fingerprint density at radius 1 is 1.00 bits per heavy atom. The van der Waals surface area contributed by atoms with Crippen molar-refractivity contribution >= 4 is 40.4 Å². The topological polar surface area (TPSA) is 123 Å². The molecule has 2 aliphatic rings. The molecule has 0 spiro atoms. The van der Waals surface area contributed by atoms with Gasteiger partial charge in [0.25, 0.3) is 11.8 Å². The molecular formula is C25H25N5O5S. The highest BCUT2D eigenvalue weighted by Crippen LogP contribution is 2.34. The lowest BCUT2D eigenvalue weighted by molar-refractivity contribution is -0.121. The van der Waals surface area contributed by atoms with Crippen LogP contribution in [0.2, 0.25) is 0 Å². The molecule has 2 N–H and O–H groups in total. The van der Waals surface area contributed by atoms with Crippen LogP contribution in [-0.4, -0.2) is 52.7 Å². The molecule has 2 aliphatic heterocycles. The number of carbonyl (C=O) groups excluding carboxylic acids is 3. The number of aromatic nitrogens is 2. The van der Waals surface area contributed by atoms with Gasteiger partial charge < -0.3 is 25.0 Å². The predicted octanol–water partition coefficient (Wildman–Crippen LogP) is 3.57. The van der Waals surface area contributed by atoms with Gasteiger partial charge in [0.1, 0.15) is 0 Å². The monoisotopic (exact) mass is 507 g/mol. The van der Waals surface area contributed by atoms with Crippen LogP contribution in [0.1, 0.15) is 44.9 Å². The number of para-hydroxylation sites is 1. The van der Waals surface area contributed by atoms with E-state index < -0.39 is 5.91 Å². The van der Waals surface area contributed by atoms with Crippen molar-refractivity contribution in [1.82, 2.24) is 15.1 Å². The fraction of sp³-hybridized carbons (Fsp3) is 0.320. The second-order valence-electron chi connectivity index (χ2n) is 8.50. The van der Waals surface area contributed by atoms with E-state index in [1.54, 1.807) is 23.1 Å². The Labute approximate surface area is 211 Å². The van der Waals surface area contributed by atoms with Gasteiger partial charge in [-0.3, -0.25) is 14.4 Å². The van der Waals surface area contributed by atoms with E-state index >= 15 is 0 Å². The molecule has 1 aromatic heterocycles. The number of amides is 3. The van der Waals surface area contributed by atoms with E-state index in [1.165, 1.54) is 0 Å². The number of ether oxygens (including phenoxy) is 2. The molecule has 0 unspecified atom stereocenters. The fourth-order valence-corrected chi connectivity index (χ4v) is 4.93. The molecule has 3 aromatic rings. The van der Waals surface area contributed by atoms with Crippen molar-refractivity contribution in [1.29, 1.82) is 0 Å². The zero-order valence-electron chi connectivity index (χ0n) is 19.7. The Hall–Kier alpha value is -3.99. The number of likely N-dealkylation sites (tertiary alicyclic amines) is 1. The number of hydrogen-bond donors (Lipinski definition) is 2. The maximum absolute atomic E-state index is 12.9. The van der Waals surface area contributed by atoms with Crippen LogP contribution in [-0.2, 0) is 11.2 Å². The highest BCUT2D eigenvalue weighted by molar-refractivity contribution is 7.15. The molecule has 0 atom stereocenters. The average molecular weight is 508 g/mol. The van der Waals surface area contributed by atoms with E-state index in [-0.39, 0.29) is 34.5 Å². The van der Waals surface area contributed by atoms with Crippen molar-refractivity contribution in [2.75, 3.05) is 30.5 Å². The summed E-state index contributed by atoms with van der Waals surface area (Å²) in [4.78, 5) is 40.0. The fourth-order valence-electron chi connectivity index (χ4n) is 4.23. The first kappa shape index (κ1) is 23.7. The molecule has 0 radical (unpaired) electrons. The van der Waals surface area contributed by atoms with Gasteiger partial charge in [0.15, 0.2) is 11.5 Å². The quantitative estimate of drug-likeness (QED) is 0.523. The number of fused-ring (bicyclic) bond motifs is 1. The van der Waals surface area contributed by atoms with Crippen molar-refractivity contribution in [3.05, 3.63) is 58.0 Å². The van der Waals surface area contributed by atoms with Gasteiger partial charge in [-0.1, -0.05) is 36.5 Å². The van der Waals surface area contributed by atoms with E-state index in [2.05, 4.69) is 27.8 Å². The number of anilines is 2. The molecule has 36 heavy (non-hydrogen) atoms. The number of hydrogen-bond acceptors (Lipinski definition) is 8. The first-order chi connectivity index (χ1) is 17.5. The highest BCUT2D eigenvalue weighted by Gasteiger charge is 2.30. The minimum Gasteiger partial charge on any atom is -0.454 e. The Morgan fingerprint density at radius 2 is 1.75 bits per heavy atom. The Bertz CT molecular complexity index is 1300. The smallest absolute Gasteiger partial charge is 0.286 e. The number of benzene rings is 2. The van der Waals surface area contributed by atoms with Crippen molar-refractivity contribution in [2.24, 2.45) is 5.92 Å². The summed E-state index contributed by atoms with van der Waals surface area (Å²) in [7, 11) is 0. The van der Waals surface area contributed by atoms with Gasteiger partial charge in [0.2, 0.25) is 22.7 Å². The van der Waals surface area contributed by atoms with Crippen LogP contribution in [0.15, 0.2) is 42.5 Å². The third-order valence-corrected chi connectivity index (χ3v) is 7.15. The molecule has 11 heteroatoms. The molecule has 0 saturated carbocycles. The summed E-state index contributed by atoms with van der Waals surface area (Å²) in [5.74, 6) is 0.215. The minimum atomic E-state index is -0.465. The van der Waals surface area contributed by atoms with Crippen LogP contribution >= 0.6 is 11.3 Å². The average Bonchev–Trinajstić information content (AvgIpc) is 3.58. The molecular weight excluding hydrogens is 482 g/mol. The molecule has 186 valence electrons. The first-order valence-electron chi connectivity index (χ1n) is 11.7. The number of nitrogens with zero attached hydrogens (tertiary/aromatic N) is 3. The maximum atomic E-state index is 12.9. The minimum absolute atomic E-state index is 0.0265. The SMILES string of the molecule is CCc1ccccc1NC(=O)C1CCN(C(=O)c2nnc(C(=O)Nc3ccc4c(c3)OCO4)s2)CC1. The molecule has 1 saturated heterocycles. The standard InChI is InChI=1S/C25H25N5O5S/c1-2-15-5-3-4-6-18(15)27-21(31)16-9-11-30(12-10-16)25(33)24-29-28-23(36-24)22(32)26-17-7-8-19-20(13-17)35-14-34-19/h3-8,13,16H,2,9-12,14H2,1H3,(H,26,32)(H,27,31). The lowest BCUT2D eigenvalue weighted by Gasteiger charge is -2.30. The number of aryl methyl sites for hydroxylation is 1. The van der Waals surface area contributed by atoms with E-state index in [0.717, 1.165) is 29.0 Å². The number of piperidine rings is 1. The molecule has 5 rings (SSSR count). The van der Waals surface area contributed by atoms with Gasteiger partial charge in [0, 0.05) is 36.4 Å². The van der Waals surface area contributed by atoms with Crippen molar-refractivity contribution in [3.63, 3.8) is 0 Å². The summed E-state index contributed by atoms with van der Waals surface area (Å²) in [5.41, 5.74) is 2.45. The molecule has 3 amide bonds. The summed E-state index contributed by atoms with van der Waals surface area (Å²) < 4.78 is 10.6. The molecule has 1 fully saturated rings. The normalized spacial score (nSPS) is 15.0. The summed E-state index contributed by atoms with van der Waals surface area (Å²) in [6.45, 7) is 3.06. The zero-order chi connectivity index (χ0) is 25.1. The second kappa shape index (κ2) is 10.3. The van der Waals surface area contributed by atoms with Crippen LogP contribution in [0.4, 0.5) is 11.4 Å². The van der Waals surface area contributed by atoms with Crippen LogP contribution < -0.4 is 20.1 Å². The van der Waals surface area contributed by atoms with Crippen molar-refractivity contribution in [2.45, 2.75) is 26.2 Å². The number of rotatable bonds is 6.